The summed E-state index contributed by atoms with van der Waals surface area (Å²) in [6.45, 7) is 5.59. The van der Waals surface area contributed by atoms with Crippen LogP contribution < -0.4 is 11.1 Å². The number of rotatable bonds is 6. The van der Waals surface area contributed by atoms with Crippen molar-refractivity contribution in [2.45, 2.75) is 45.1 Å². The molecule has 0 unspecified atom stereocenters. The maximum Gasteiger partial charge on any atom is 0.220 e. The van der Waals surface area contributed by atoms with Crippen molar-refractivity contribution < 1.29 is 4.79 Å². The Morgan fingerprint density at radius 2 is 1.91 bits per heavy atom. The highest BCUT2D eigenvalue weighted by Gasteiger charge is 2.19. The topological polar surface area (TPSA) is 58.4 Å². The molecule has 132 valence electrons. The van der Waals surface area contributed by atoms with E-state index in [1.165, 1.54) is 13.0 Å². The number of nitrogen functional groups attached to an aromatic ring is 1. The van der Waals surface area contributed by atoms with E-state index in [-0.39, 0.29) is 30.7 Å². The van der Waals surface area contributed by atoms with Gasteiger partial charge in [-0.1, -0.05) is 25.1 Å². The van der Waals surface area contributed by atoms with Crippen LogP contribution in [-0.4, -0.2) is 36.5 Å². The SMILES string of the molecule is CCCN1CCC(NC(=O)CCc2ccccc2N)CC1.Cl.Cl. The van der Waals surface area contributed by atoms with E-state index in [4.69, 9.17) is 5.73 Å². The summed E-state index contributed by atoms with van der Waals surface area (Å²) < 4.78 is 0. The van der Waals surface area contributed by atoms with Crippen LogP contribution in [-0.2, 0) is 11.2 Å². The molecule has 4 nitrogen and oxygen atoms in total. The van der Waals surface area contributed by atoms with E-state index >= 15 is 0 Å². The number of anilines is 1. The number of para-hydroxylation sites is 1. The molecule has 1 aromatic rings. The number of nitrogens with two attached hydrogens (primary N) is 1. The monoisotopic (exact) mass is 361 g/mol. The smallest absolute Gasteiger partial charge is 0.220 e. The van der Waals surface area contributed by atoms with Crippen LogP contribution in [0, 0.1) is 0 Å². The Labute approximate surface area is 152 Å². The zero-order valence-corrected chi connectivity index (χ0v) is 15.4. The molecule has 0 aliphatic carbocycles. The van der Waals surface area contributed by atoms with E-state index in [0.29, 0.717) is 18.9 Å². The number of piperidine rings is 1. The van der Waals surface area contributed by atoms with Gasteiger partial charge in [0.2, 0.25) is 5.91 Å². The lowest BCUT2D eigenvalue weighted by Gasteiger charge is -2.32. The minimum absolute atomic E-state index is 0. The molecule has 0 saturated carbocycles. The van der Waals surface area contributed by atoms with Gasteiger partial charge in [0.25, 0.3) is 0 Å². The molecule has 1 saturated heterocycles. The second kappa shape index (κ2) is 11.5. The van der Waals surface area contributed by atoms with Gasteiger partial charge in [0.1, 0.15) is 0 Å². The first-order valence-corrected chi connectivity index (χ1v) is 8.04. The second-order valence-electron chi connectivity index (χ2n) is 5.88. The Bertz CT molecular complexity index is 463. The van der Waals surface area contributed by atoms with Gasteiger partial charge in [0, 0.05) is 31.2 Å². The van der Waals surface area contributed by atoms with E-state index in [9.17, 15) is 4.79 Å². The van der Waals surface area contributed by atoms with Crippen LogP contribution in [0.15, 0.2) is 24.3 Å². The molecule has 1 heterocycles. The summed E-state index contributed by atoms with van der Waals surface area (Å²) in [6, 6.07) is 8.11. The molecule has 0 atom stereocenters. The van der Waals surface area contributed by atoms with Gasteiger partial charge in [-0.25, -0.2) is 0 Å². The highest BCUT2D eigenvalue weighted by atomic mass is 35.5. The van der Waals surface area contributed by atoms with Gasteiger partial charge in [-0.05, 0) is 43.9 Å². The van der Waals surface area contributed by atoms with Crippen molar-refractivity contribution >= 4 is 36.4 Å². The van der Waals surface area contributed by atoms with Gasteiger partial charge in [0.15, 0.2) is 0 Å². The van der Waals surface area contributed by atoms with Crippen LogP contribution in [0.4, 0.5) is 5.69 Å². The second-order valence-corrected chi connectivity index (χ2v) is 5.88. The highest BCUT2D eigenvalue weighted by molar-refractivity contribution is 5.85. The quantitative estimate of drug-likeness (QED) is 0.765. The number of nitrogens with one attached hydrogen (secondary N) is 1. The minimum Gasteiger partial charge on any atom is -0.399 e. The molecule has 1 aliphatic heterocycles. The van der Waals surface area contributed by atoms with Crippen molar-refractivity contribution in [1.29, 1.82) is 0 Å². The molecule has 2 rings (SSSR count). The fourth-order valence-corrected chi connectivity index (χ4v) is 2.93. The van der Waals surface area contributed by atoms with Crippen LogP contribution in [0.2, 0.25) is 0 Å². The Balaban J connectivity index is 0.00000242. The summed E-state index contributed by atoms with van der Waals surface area (Å²) in [4.78, 5) is 14.5. The maximum atomic E-state index is 12.0. The largest absolute Gasteiger partial charge is 0.399 e. The molecule has 23 heavy (non-hydrogen) atoms. The van der Waals surface area contributed by atoms with Gasteiger partial charge >= 0.3 is 0 Å². The number of carbonyl (C=O) groups excluding carboxylic acids is 1. The number of hydrogen-bond donors (Lipinski definition) is 2. The first-order chi connectivity index (χ1) is 10.2. The Kier molecular flexibility index (Phi) is 11.1. The molecule has 0 spiro atoms. The summed E-state index contributed by atoms with van der Waals surface area (Å²) in [5.41, 5.74) is 7.73. The number of hydrogen-bond acceptors (Lipinski definition) is 3. The minimum atomic E-state index is 0. The third-order valence-electron chi connectivity index (χ3n) is 4.17. The standard InChI is InChI=1S/C17H27N3O.2ClH/c1-2-11-20-12-9-15(10-13-20)19-17(21)8-7-14-5-3-4-6-16(14)18;;/h3-6,15H,2,7-13,18H2,1H3,(H,19,21);2*1H. The zero-order valence-electron chi connectivity index (χ0n) is 13.8. The average Bonchev–Trinajstić information content (AvgIpc) is 2.49. The molecule has 6 heteroatoms. The first-order valence-electron chi connectivity index (χ1n) is 8.04. The number of amides is 1. The first kappa shape index (κ1) is 22.0. The summed E-state index contributed by atoms with van der Waals surface area (Å²) >= 11 is 0. The van der Waals surface area contributed by atoms with Crippen LogP contribution in [0.3, 0.4) is 0 Å². The van der Waals surface area contributed by atoms with E-state index in [0.717, 1.165) is 37.2 Å². The third kappa shape index (κ3) is 7.42. The highest BCUT2D eigenvalue weighted by Crippen LogP contribution is 2.14. The van der Waals surface area contributed by atoms with Crippen molar-refractivity contribution in [3.05, 3.63) is 29.8 Å². The van der Waals surface area contributed by atoms with Gasteiger partial charge < -0.3 is 16.0 Å². The summed E-state index contributed by atoms with van der Waals surface area (Å²) in [5.74, 6) is 0.146. The van der Waals surface area contributed by atoms with Crippen molar-refractivity contribution in [2.75, 3.05) is 25.4 Å². The number of aryl methyl sites for hydroxylation is 1. The molecular weight excluding hydrogens is 333 g/mol. The molecule has 0 bridgehead atoms. The Morgan fingerprint density at radius 3 is 2.52 bits per heavy atom. The van der Waals surface area contributed by atoms with Gasteiger partial charge in [-0.15, -0.1) is 24.8 Å². The summed E-state index contributed by atoms with van der Waals surface area (Å²) in [5, 5.41) is 3.16. The molecule has 0 aromatic heterocycles. The molecule has 1 aliphatic rings. The van der Waals surface area contributed by atoms with Gasteiger partial charge in [-0.2, -0.15) is 0 Å². The van der Waals surface area contributed by atoms with E-state index in [1.807, 2.05) is 24.3 Å². The van der Waals surface area contributed by atoms with Crippen molar-refractivity contribution in [3.8, 4) is 0 Å². The van der Waals surface area contributed by atoms with Crippen molar-refractivity contribution in [2.24, 2.45) is 0 Å². The van der Waals surface area contributed by atoms with Crippen LogP contribution in [0.25, 0.3) is 0 Å². The molecule has 1 amide bonds. The van der Waals surface area contributed by atoms with Crippen molar-refractivity contribution in [3.63, 3.8) is 0 Å². The number of nitrogens with zero attached hydrogens (tertiary/aromatic N) is 1. The lowest BCUT2D eigenvalue weighted by Crippen LogP contribution is -2.44. The molecule has 3 N–H and O–H groups in total. The predicted molar refractivity (Wildman–Crippen MR) is 102 cm³/mol. The lowest BCUT2D eigenvalue weighted by atomic mass is 10.0. The summed E-state index contributed by atoms with van der Waals surface area (Å²) in [7, 11) is 0. The van der Waals surface area contributed by atoms with E-state index < -0.39 is 0 Å². The lowest BCUT2D eigenvalue weighted by molar-refractivity contribution is -0.122. The number of benzene rings is 1. The fourth-order valence-electron chi connectivity index (χ4n) is 2.93. The fraction of sp³-hybridized carbons (Fsp3) is 0.588. The van der Waals surface area contributed by atoms with Gasteiger partial charge in [-0.3, -0.25) is 4.79 Å². The van der Waals surface area contributed by atoms with E-state index in [1.54, 1.807) is 0 Å². The maximum absolute atomic E-state index is 12.0. The van der Waals surface area contributed by atoms with Crippen LogP contribution in [0.1, 0.15) is 38.2 Å². The van der Waals surface area contributed by atoms with Crippen LogP contribution in [0.5, 0.6) is 0 Å². The van der Waals surface area contributed by atoms with Crippen molar-refractivity contribution in [1.82, 2.24) is 10.2 Å². The molecule has 1 aromatic carbocycles. The summed E-state index contributed by atoms with van der Waals surface area (Å²) in [6.07, 6.45) is 4.57. The molecule has 1 fully saturated rings. The average molecular weight is 362 g/mol. The molecule has 0 radical (unpaired) electrons. The number of halogens is 2. The number of likely N-dealkylation sites (tertiary alicyclic amines) is 1. The number of carbonyl (C=O) groups is 1. The Morgan fingerprint density at radius 1 is 1.26 bits per heavy atom. The Hall–Kier alpha value is -0.970. The van der Waals surface area contributed by atoms with Gasteiger partial charge in [0.05, 0.1) is 0 Å². The molecular formula is C17H29Cl2N3O. The van der Waals surface area contributed by atoms with Crippen LogP contribution >= 0.6 is 24.8 Å². The zero-order chi connectivity index (χ0) is 15.1. The normalized spacial score (nSPS) is 15.3. The van der Waals surface area contributed by atoms with E-state index in [2.05, 4.69) is 17.1 Å². The third-order valence-corrected chi connectivity index (χ3v) is 4.17. The predicted octanol–water partition coefficient (Wildman–Crippen LogP) is 3.04.